The summed E-state index contributed by atoms with van der Waals surface area (Å²) in [6.07, 6.45) is 3.51. The summed E-state index contributed by atoms with van der Waals surface area (Å²) in [5.74, 6) is 0. The highest BCUT2D eigenvalue weighted by Crippen LogP contribution is 2.27. The van der Waals surface area contributed by atoms with Gasteiger partial charge >= 0.3 is 5.69 Å². The van der Waals surface area contributed by atoms with Crippen molar-refractivity contribution in [3.05, 3.63) is 34.5 Å². The SMILES string of the molecule is CN1CCC(N)CC1c1cc2ccnn2c(=O)[nH]1. The molecule has 0 aliphatic carbocycles. The summed E-state index contributed by atoms with van der Waals surface area (Å²) in [5, 5.41) is 3.97. The number of nitrogens with two attached hydrogens (primary N) is 1. The van der Waals surface area contributed by atoms with Gasteiger partial charge in [-0.2, -0.15) is 9.61 Å². The maximum Gasteiger partial charge on any atom is 0.346 e. The molecule has 6 heteroatoms. The second-order valence-corrected chi connectivity index (χ2v) is 4.98. The zero-order chi connectivity index (χ0) is 12.7. The molecule has 2 aromatic rings. The number of aromatic nitrogens is 3. The van der Waals surface area contributed by atoms with Crippen molar-refractivity contribution < 1.29 is 0 Å². The lowest BCUT2D eigenvalue weighted by Crippen LogP contribution is -2.40. The van der Waals surface area contributed by atoms with Crippen LogP contribution in [-0.4, -0.2) is 39.1 Å². The van der Waals surface area contributed by atoms with Gasteiger partial charge in [-0.3, -0.25) is 4.90 Å². The number of fused-ring (bicyclic) bond motifs is 1. The van der Waals surface area contributed by atoms with Crippen LogP contribution in [-0.2, 0) is 0 Å². The van der Waals surface area contributed by atoms with Crippen LogP contribution in [0.2, 0.25) is 0 Å². The molecule has 1 saturated heterocycles. The van der Waals surface area contributed by atoms with E-state index in [1.807, 2.05) is 12.1 Å². The molecule has 0 radical (unpaired) electrons. The van der Waals surface area contributed by atoms with E-state index < -0.39 is 0 Å². The molecule has 96 valence electrons. The van der Waals surface area contributed by atoms with E-state index in [4.69, 9.17) is 5.73 Å². The summed E-state index contributed by atoms with van der Waals surface area (Å²) >= 11 is 0. The molecular formula is C12H17N5O. The zero-order valence-corrected chi connectivity index (χ0v) is 10.3. The molecule has 2 atom stereocenters. The first-order chi connectivity index (χ1) is 8.65. The third-order valence-electron chi connectivity index (χ3n) is 3.69. The van der Waals surface area contributed by atoms with Crippen molar-refractivity contribution in [3.8, 4) is 0 Å². The summed E-state index contributed by atoms with van der Waals surface area (Å²) in [4.78, 5) is 17.0. The minimum atomic E-state index is -0.194. The van der Waals surface area contributed by atoms with E-state index in [0.29, 0.717) is 0 Å². The van der Waals surface area contributed by atoms with Crippen LogP contribution in [0.5, 0.6) is 0 Å². The van der Waals surface area contributed by atoms with Gasteiger partial charge < -0.3 is 10.7 Å². The minimum absolute atomic E-state index is 0.182. The predicted octanol–water partition coefficient (Wildman–Crippen LogP) is 0.117. The molecule has 18 heavy (non-hydrogen) atoms. The fraction of sp³-hybridized carbons (Fsp3) is 0.500. The molecule has 0 amide bonds. The number of nitrogens with zero attached hydrogens (tertiary/aromatic N) is 3. The number of H-pyrrole nitrogens is 1. The van der Waals surface area contributed by atoms with Crippen molar-refractivity contribution in [1.29, 1.82) is 0 Å². The van der Waals surface area contributed by atoms with Gasteiger partial charge in [-0.15, -0.1) is 0 Å². The van der Waals surface area contributed by atoms with Crippen molar-refractivity contribution in [2.75, 3.05) is 13.6 Å². The van der Waals surface area contributed by atoms with Crippen LogP contribution in [0.3, 0.4) is 0 Å². The topological polar surface area (TPSA) is 79.4 Å². The molecule has 1 aliphatic rings. The van der Waals surface area contributed by atoms with Crippen LogP contribution < -0.4 is 11.4 Å². The first kappa shape index (κ1) is 11.4. The normalized spacial score (nSPS) is 25.7. The molecule has 0 saturated carbocycles. The van der Waals surface area contributed by atoms with Gasteiger partial charge in [0.2, 0.25) is 0 Å². The number of rotatable bonds is 1. The number of nitrogens with one attached hydrogen (secondary N) is 1. The maximum atomic E-state index is 11.9. The van der Waals surface area contributed by atoms with Crippen LogP contribution in [0.25, 0.3) is 5.52 Å². The summed E-state index contributed by atoms with van der Waals surface area (Å²) in [5.41, 5.74) is 7.57. The van der Waals surface area contributed by atoms with Crippen LogP contribution in [0.15, 0.2) is 23.1 Å². The van der Waals surface area contributed by atoms with E-state index in [2.05, 4.69) is 22.0 Å². The minimum Gasteiger partial charge on any atom is -0.328 e. The van der Waals surface area contributed by atoms with Crippen molar-refractivity contribution in [2.24, 2.45) is 5.73 Å². The van der Waals surface area contributed by atoms with E-state index >= 15 is 0 Å². The Morgan fingerprint density at radius 2 is 2.39 bits per heavy atom. The second kappa shape index (κ2) is 4.22. The Morgan fingerprint density at radius 3 is 3.22 bits per heavy atom. The van der Waals surface area contributed by atoms with Crippen molar-refractivity contribution >= 4 is 5.52 Å². The van der Waals surface area contributed by atoms with Gasteiger partial charge in [-0.1, -0.05) is 0 Å². The van der Waals surface area contributed by atoms with Crippen LogP contribution in [0, 0.1) is 0 Å². The second-order valence-electron chi connectivity index (χ2n) is 4.98. The number of hydrogen-bond acceptors (Lipinski definition) is 4. The Bertz CT molecular complexity index is 616. The highest BCUT2D eigenvalue weighted by atomic mass is 16.1. The molecule has 3 N–H and O–H groups in total. The molecule has 0 aromatic carbocycles. The van der Waals surface area contributed by atoms with Crippen molar-refractivity contribution in [3.63, 3.8) is 0 Å². The van der Waals surface area contributed by atoms with Gasteiger partial charge in [0.05, 0.1) is 17.8 Å². The van der Waals surface area contributed by atoms with Gasteiger partial charge in [-0.05, 0) is 38.6 Å². The predicted molar refractivity (Wildman–Crippen MR) is 68.4 cm³/mol. The molecule has 3 rings (SSSR count). The largest absolute Gasteiger partial charge is 0.346 e. The first-order valence-electron chi connectivity index (χ1n) is 6.18. The third kappa shape index (κ3) is 1.83. The van der Waals surface area contributed by atoms with E-state index in [9.17, 15) is 4.79 Å². The van der Waals surface area contributed by atoms with Crippen LogP contribution in [0.4, 0.5) is 0 Å². The molecule has 3 heterocycles. The maximum absolute atomic E-state index is 11.9. The summed E-state index contributed by atoms with van der Waals surface area (Å²) in [6, 6.07) is 4.20. The standard InChI is InChI=1S/C12H17N5O/c1-16-5-3-8(13)6-11(16)10-7-9-2-4-14-17(9)12(18)15-10/h2,4,7-8,11H,3,5-6,13H2,1H3,(H,15,18). The Labute approximate surface area is 104 Å². The van der Waals surface area contributed by atoms with Gasteiger partial charge in [-0.25, -0.2) is 4.79 Å². The monoisotopic (exact) mass is 247 g/mol. The summed E-state index contributed by atoms with van der Waals surface area (Å²) < 4.78 is 1.37. The lowest BCUT2D eigenvalue weighted by Gasteiger charge is -2.35. The highest BCUT2D eigenvalue weighted by molar-refractivity contribution is 5.46. The Balaban J connectivity index is 2.05. The van der Waals surface area contributed by atoms with Gasteiger partial charge in [0.15, 0.2) is 0 Å². The van der Waals surface area contributed by atoms with Crippen LogP contribution in [0.1, 0.15) is 24.6 Å². The summed E-state index contributed by atoms with van der Waals surface area (Å²) in [6.45, 7) is 0.957. The fourth-order valence-corrected chi connectivity index (χ4v) is 2.62. The molecular weight excluding hydrogens is 230 g/mol. The quantitative estimate of drug-likeness (QED) is 0.750. The highest BCUT2D eigenvalue weighted by Gasteiger charge is 2.26. The van der Waals surface area contributed by atoms with E-state index in [1.54, 1.807) is 6.20 Å². The molecule has 1 aliphatic heterocycles. The third-order valence-corrected chi connectivity index (χ3v) is 3.69. The molecule has 6 nitrogen and oxygen atoms in total. The first-order valence-corrected chi connectivity index (χ1v) is 6.18. The van der Waals surface area contributed by atoms with E-state index in [1.165, 1.54) is 4.52 Å². The smallest absolute Gasteiger partial charge is 0.328 e. The Morgan fingerprint density at radius 1 is 1.56 bits per heavy atom. The average Bonchev–Trinajstić information content (AvgIpc) is 2.81. The van der Waals surface area contributed by atoms with Crippen molar-refractivity contribution in [2.45, 2.75) is 24.9 Å². The van der Waals surface area contributed by atoms with Gasteiger partial charge in [0.25, 0.3) is 0 Å². The number of aromatic amines is 1. The average molecular weight is 247 g/mol. The van der Waals surface area contributed by atoms with E-state index in [0.717, 1.165) is 30.6 Å². The Kier molecular flexibility index (Phi) is 2.68. The van der Waals surface area contributed by atoms with Gasteiger partial charge in [0.1, 0.15) is 0 Å². The lowest BCUT2D eigenvalue weighted by molar-refractivity contribution is 0.167. The summed E-state index contributed by atoms with van der Waals surface area (Å²) in [7, 11) is 2.06. The molecule has 2 unspecified atom stereocenters. The lowest BCUT2D eigenvalue weighted by atomic mass is 9.96. The number of hydrogen-bond donors (Lipinski definition) is 2. The Hall–Kier alpha value is -1.66. The molecule has 0 bridgehead atoms. The number of likely N-dealkylation sites (tertiary alicyclic amines) is 1. The van der Waals surface area contributed by atoms with Crippen molar-refractivity contribution in [1.82, 2.24) is 19.5 Å². The van der Waals surface area contributed by atoms with E-state index in [-0.39, 0.29) is 17.8 Å². The molecule has 1 fully saturated rings. The fourth-order valence-electron chi connectivity index (χ4n) is 2.62. The van der Waals surface area contributed by atoms with Gasteiger partial charge in [0, 0.05) is 11.7 Å². The molecule has 2 aromatic heterocycles. The number of piperidine rings is 1. The van der Waals surface area contributed by atoms with Crippen LogP contribution >= 0.6 is 0 Å². The molecule has 0 spiro atoms. The zero-order valence-electron chi connectivity index (χ0n) is 10.3.